The smallest absolute Gasteiger partial charge is 0.303 e. The highest BCUT2D eigenvalue weighted by Crippen LogP contribution is 2.10. The fourth-order valence-corrected chi connectivity index (χ4v) is 3.13. The quantitative estimate of drug-likeness (QED) is 0.191. The number of allylic oxidation sites excluding steroid dienone is 2. The molecule has 0 spiro atoms. The lowest BCUT2D eigenvalue weighted by Crippen LogP contribution is -2.01. The van der Waals surface area contributed by atoms with Gasteiger partial charge in [0.05, 0.1) is 6.61 Å². The average molecular weight is 421 g/mol. The van der Waals surface area contributed by atoms with Crippen LogP contribution in [0.3, 0.4) is 0 Å². The summed E-state index contributed by atoms with van der Waals surface area (Å²) >= 11 is 0. The second-order valence-electron chi connectivity index (χ2n) is 7.84. The molecule has 0 saturated heterocycles. The van der Waals surface area contributed by atoms with Gasteiger partial charge in [0.1, 0.15) is 6.10 Å². The Morgan fingerprint density at radius 1 is 0.833 bits per heavy atom. The third-order valence-electron chi connectivity index (χ3n) is 5.01. The second kappa shape index (κ2) is 22.0. The van der Waals surface area contributed by atoms with Crippen LogP contribution in [-0.2, 0) is 4.79 Å². The van der Waals surface area contributed by atoms with Crippen LogP contribution in [0, 0.1) is 0 Å². The first-order chi connectivity index (χ1) is 14.6. The van der Waals surface area contributed by atoms with E-state index in [1.54, 1.807) is 12.1 Å². The minimum absolute atomic E-state index is 0.218. The van der Waals surface area contributed by atoms with E-state index in [2.05, 4.69) is 19.1 Å². The Kier molecular flexibility index (Phi) is 20.8. The molecule has 1 aromatic rings. The maximum absolute atomic E-state index is 10.3. The molecular formula is C26H44O4. The zero-order valence-corrected chi connectivity index (χ0v) is 19.0. The Morgan fingerprint density at radius 2 is 1.33 bits per heavy atom. The summed E-state index contributed by atoms with van der Waals surface area (Å²) in [5.41, 5.74) is 0.755. The highest BCUT2D eigenvalue weighted by molar-refractivity contribution is 5.66. The molecule has 0 radical (unpaired) electrons. The second-order valence-corrected chi connectivity index (χ2v) is 7.84. The molecule has 3 N–H and O–H groups in total. The molecule has 1 unspecified atom stereocenters. The monoisotopic (exact) mass is 420 g/mol. The number of benzene rings is 1. The lowest BCUT2D eigenvalue weighted by Gasteiger charge is -2.05. The highest BCUT2D eigenvalue weighted by atomic mass is 16.4. The normalized spacial score (nSPS) is 11.8. The van der Waals surface area contributed by atoms with Gasteiger partial charge in [0, 0.05) is 6.42 Å². The zero-order valence-electron chi connectivity index (χ0n) is 19.0. The van der Waals surface area contributed by atoms with Crippen LogP contribution < -0.4 is 0 Å². The van der Waals surface area contributed by atoms with Crippen molar-refractivity contribution < 1.29 is 20.1 Å². The molecule has 0 aliphatic heterocycles. The van der Waals surface area contributed by atoms with Crippen LogP contribution >= 0.6 is 0 Å². The summed E-state index contributed by atoms with van der Waals surface area (Å²) in [7, 11) is 0. The summed E-state index contributed by atoms with van der Waals surface area (Å²) < 4.78 is 0. The summed E-state index contributed by atoms with van der Waals surface area (Å²) in [4.78, 5) is 10.3. The molecular weight excluding hydrogens is 376 g/mol. The summed E-state index contributed by atoms with van der Waals surface area (Å²) in [6, 6.07) is 9.08. The van der Waals surface area contributed by atoms with E-state index in [0.717, 1.165) is 18.4 Å². The van der Waals surface area contributed by atoms with Crippen molar-refractivity contribution in [2.75, 3.05) is 6.61 Å². The molecule has 4 heteroatoms. The number of carboxylic acid groups (broad SMARTS) is 1. The van der Waals surface area contributed by atoms with Crippen LogP contribution in [0.2, 0.25) is 0 Å². The van der Waals surface area contributed by atoms with E-state index in [-0.39, 0.29) is 6.61 Å². The van der Waals surface area contributed by atoms with E-state index < -0.39 is 12.1 Å². The largest absolute Gasteiger partial charge is 0.481 e. The fraction of sp³-hybridized carbons (Fsp3) is 0.654. The van der Waals surface area contributed by atoms with Gasteiger partial charge >= 0.3 is 5.97 Å². The third-order valence-corrected chi connectivity index (χ3v) is 5.01. The number of carbonyl (C=O) groups is 1. The number of hydrogen-bond donors (Lipinski definition) is 3. The third kappa shape index (κ3) is 19.7. The van der Waals surface area contributed by atoms with Crippen molar-refractivity contribution in [3.8, 4) is 0 Å². The van der Waals surface area contributed by atoms with Gasteiger partial charge in [0.15, 0.2) is 0 Å². The van der Waals surface area contributed by atoms with Crippen molar-refractivity contribution in [1.29, 1.82) is 0 Å². The van der Waals surface area contributed by atoms with Crippen molar-refractivity contribution in [2.45, 2.75) is 103 Å². The van der Waals surface area contributed by atoms with Crippen LogP contribution in [0.5, 0.6) is 0 Å². The average Bonchev–Trinajstić information content (AvgIpc) is 2.76. The number of carboxylic acids is 1. The van der Waals surface area contributed by atoms with Crippen LogP contribution in [0.1, 0.15) is 108 Å². The molecule has 0 aliphatic carbocycles. The van der Waals surface area contributed by atoms with Crippen LogP contribution in [0.25, 0.3) is 0 Å². The molecule has 30 heavy (non-hydrogen) atoms. The summed E-state index contributed by atoms with van der Waals surface area (Å²) in [5, 5.41) is 26.1. The molecule has 1 aromatic carbocycles. The molecule has 0 aliphatic rings. The first-order valence-electron chi connectivity index (χ1n) is 11.8. The van der Waals surface area contributed by atoms with E-state index >= 15 is 0 Å². The number of aliphatic hydroxyl groups excluding tert-OH is 2. The first-order valence-corrected chi connectivity index (χ1v) is 11.8. The number of aliphatic carboxylic acids is 1. The van der Waals surface area contributed by atoms with E-state index in [4.69, 9.17) is 15.3 Å². The van der Waals surface area contributed by atoms with Crippen LogP contribution in [0.4, 0.5) is 0 Å². The standard InChI is InChI=1S/C18H34O2.C8H10O2/c1-2-3-4-5-6-7-8-9-10-11-12-13-14-15-16-17-18(19)20;9-6-8(10)7-4-2-1-3-5-7/h9-10H,2-8,11-17H2,1H3,(H,19,20);1-5,8-10H,6H2. The van der Waals surface area contributed by atoms with Gasteiger partial charge in [-0.25, -0.2) is 0 Å². The van der Waals surface area contributed by atoms with E-state index in [0.29, 0.717) is 6.42 Å². The predicted molar refractivity (Wildman–Crippen MR) is 126 cm³/mol. The van der Waals surface area contributed by atoms with Gasteiger partial charge < -0.3 is 15.3 Å². The Hall–Kier alpha value is -1.65. The highest BCUT2D eigenvalue weighted by Gasteiger charge is 2.02. The van der Waals surface area contributed by atoms with Gasteiger partial charge in [-0.1, -0.05) is 101 Å². The Bertz CT molecular complexity index is 513. The topological polar surface area (TPSA) is 77.8 Å². The van der Waals surface area contributed by atoms with Crippen molar-refractivity contribution in [3.05, 3.63) is 48.0 Å². The molecule has 0 bridgehead atoms. The number of hydrogen-bond acceptors (Lipinski definition) is 3. The molecule has 0 fully saturated rings. The van der Waals surface area contributed by atoms with E-state index in [1.165, 1.54) is 70.6 Å². The Morgan fingerprint density at radius 3 is 1.83 bits per heavy atom. The summed E-state index contributed by atoms with van der Waals surface area (Å²) in [6.07, 6.45) is 20.5. The SMILES string of the molecule is CCCCCCCCC=CCCCCCCCC(=O)O.OCC(O)c1ccccc1. The first kappa shape index (κ1) is 28.4. The molecule has 1 atom stereocenters. The van der Waals surface area contributed by atoms with Gasteiger partial charge in [0.25, 0.3) is 0 Å². The lowest BCUT2D eigenvalue weighted by molar-refractivity contribution is -0.137. The molecule has 0 amide bonds. The van der Waals surface area contributed by atoms with Gasteiger partial charge in [-0.2, -0.15) is 0 Å². The lowest BCUT2D eigenvalue weighted by atomic mass is 10.1. The number of rotatable bonds is 17. The molecule has 0 aromatic heterocycles. The van der Waals surface area contributed by atoms with Gasteiger partial charge in [-0.05, 0) is 37.7 Å². The zero-order chi connectivity index (χ0) is 22.3. The van der Waals surface area contributed by atoms with Gasteiger partial charge in [-0.15, -0.1) is 0 Å². The molecule has 0 saturated carbocycles. The van der Waals surface area contributed by atoms with Crippen LogP contribution in [-0.4, -0.2) is 27.9 Å². The molecule has 172 valence electrons. The fourth-order valence-electron chi connectivity index (χ4n) is 3.13. The van der Waals surface area contributed by atoms with Crippen molar-refractivity contribution >= 4 is 5.97 Å². The molecule has 1 rings (SSSR count). The van der Waals surface area contributed by atoms with Crippen molar-refractivity contribution in [2.24, 2.45) is 0 Å². The van der Waals surface area contributed by atoms with Crippen molar-refractivity contribution in [1.82, 2.24) is 0 Å². The number of aliphatic hydroxyl groups is 2. The summed E-state index contributed by atoms with van der Waals surface area (Å²) in [5.74, 6) is -0.664. The molecule has 4 nitrogen and oxygen atoms in total. The molecule has 0 heterocycles. The predicted octanol–water partition coefficient (Wildman–Crippen LogP) is 6.82. The van der Waals surface area contributed by atoms with E-state index in [9.17, 15) is 4.79 Å². The maximum Gasteiger partial charge on any atom is 0.303 e. The van der Waals surface area contributed by atoms with Gasteiger partial charge in [-0.3, -0.25) is 4.79 Å². The Balaban J connectivity index is 0.000000696. The minimum Gasteiger partial charge on any atom is -0.481 e. The van der Waals surface area contributed by atoms with E-state index in [1.807, 2.05) is 18.2 Å². The summed E-state index contributed by atoms with van der Waals surface area (Å²) in [6.45, 7) is 2.04. The van der Waals surface area contributed by atoms with Gasteiger partial charge in [0.2, 0.25) is 0 Å². The van der Waals surface area contributed by atoms with Crippen molar-refractivity contribution in [3.63, 3.8) is 0 Å². The maximum atomic E-state index is 10.3. The van der Waals surface area contributed by atoms with Crippen LogP contribution in [0.15, 0.2) is 42.5 Å². The number of unbranched alkanes of at least 4 members (excludes halogenated alkanes) is 11. The minimum atomic E-state index is -0.735. The Labute approximate surface area is 184 Å².